The monoisotopic (exact) mass is 306 g/mol. The average Bonchev–Trinajstić information content (AvgIpc) is 2.53. The number of ether oxygens (including phenoxy) is 1. The number of nitrogens with zero attached hydrogens (tertiary/aromatic N) is 2. The lowest BCUT2D eigenvalue weighted by Crippen LogP contribution is -2.47. The first kappa shape index (κ1) is 16.5. The van der Waals surface area contributed by atoms with E-state index >= 15 is 0 Å². The highest BCUT2D eigenvalue weighted by atomic mass is 16.5. The molecular weight excluding hydrogens is 280 g/mol. The molecule has 1 fully saturated rings. The van der Waals surface area contributed by atoms with E-state index < -0.39 is 0 Å². The van der Waals surface area contributed by atoms with Gasteiger partial charge in [0, 0.05) is 18.3 Å². The highest BCUT2D eigenvalue weighted by Gasteiger charge is 2.24. The van der Waals surface area contributed by atoms with Gasteiger partial charge in [-0.2, -0.15) is 0 Å². The van der Waals surface area contributed by atoms with Gasteiger partial charge in [-0.1, -0.05) is 0 Å². The van der Waals surface area contributed by atoms with E-state index in [-0.39, 0.29) is 12.1 Å². The summed E-state index contributed by atoms with van der Waals surface area (Å²) in [5, 5.41) is 5.89. The second-order valence-electron chi connectivity index (χ2n) is 5.92. The summed E-state index contributed by atoms with van der Waals surface area (Å²) in [6, 6.07) is 4.38. The molecule has 6 heteroatoms. The van der Waals surface area contributed by atoms with Gasteiger partial charge in [-0.15, -0.1) is 0 Å². The molecule has 22 heavy (non-hydrogen) atoms. The maximum absolute atomic E-state index is 11.9. The average molecular weight is 306 g/mol. The minimum absolute atomic E-state index is 0.112. The van der Waals surface area contributed by atoms with Crippen LogP contribution in [0.15, 0.2) is 24.5 Å². The van der Waals surface area contributed by atoms with Crippen LogP contribution in [0.1, 0.15) is 25.7 Å². The molecule has 0 bridgehead atoms. The van der Waals surface area contributed by atoms with Gasteiger partial charge in [0.2, 0.25) is 0 Å². The molecule has 0 saturated heterocycles. The topological polar surface area (TPSA) is 66.5 Å². The summed E-state index contributed by atoms with van der Waals surface area (Å²) >= 11 is 0. The Balaban J connectivity index is 1.61. The molecule has 2 amide bonds. The van der Waals surface area contributed by atoms with Crippen LogP contribution >= 0.6 is 0 Å². The van der Waals surface area contributed by atoms with Crippen molar-refractivity contribution in [3.63, 3.8) is 0 Å². The highest BCUT2D eigenvalue weighted by molar-refractivity contribution is 5.74. The fraction of sp³-hybridized carbons (Fsp3) is 0.625. The predicted molar refractivity (Wildman–Crippen MR) is 86.0 cm³/mol. The number of carbonyl (C=O) groups excluding carboxylic acids is 1. The summed E-state index contributed by atoms with van der Waals surface area (Å²) in [7, 11) is 4.20. The molecule has 1 aliphatic rings. The zero-order chi connectivity index (χ0) is 15.8. The van der Waals surface area contributed by atoms with Gasteiger partial charge in [0.25, 0.3) is 0 Å². The van der Waals surface area contributed by atoms with Crippen LogP contribution in [-0.2, 0) is 0 Å². The maximum atomic E-state index is 11.9. The van der Waals surface area contributed by atoms with E-state index in [1.54, 1.807) is 12.4 Å². The normalized spacial score (nSPS) is 21.4. The molecule has 1 heterocycles. The number of hydrogen-bond donors (Lipinski definition) is 2. The lowest BCUT2D eigenvalue weighted by Gasteiger charge is -2.33. The van der Waals surface area contributed by atoms with E-state index in [1.807, 2.05) is 12.1 Å². The van der Waals surface area contributed by atoms with Crippen LogP contribution in [0, 0.1) is 0 Å². The number of rotatable bonds is 6. The zero-order valence-corrected chi connectivity index (χ0v) is 13.4. The molecule has 122 valence electrons. The van der Waals surface area contributed by atoms with Crippen LogP contribution < -0.4 is 15.4 Å². The zero-order valence-electron chi connectivity index (χ0n) is 13.4. The molecular formula is C16H26N4O2. The molecule has 1 saturated carbocycles. The number of amides is 2. The first-order valence-corrected chi connectivity index (χ1v) is 7.89. The van der Waals surface area contributed by atoms with Gasteiger partial charge >= 0.3 is 6.03 Å². The van der Waals surface area contributed by atoms with Crippen molar-refractivity contribution in [2.24, 2.45) is 0 Å². The van der Waals surface area contributed by atoms with Gasteiger partial charge in [-0.3, -0.25) is 4.98 Å². The summed E-state index contributed by atoms with van der Waals surface area (Å²) in [4.78, 5) is 18.1. The molecule has 1 aliphatic carbocycles. The van der Waals surface area contributed by atoms with Crippen molar-refractivity contribution in [1.29, 1.82) is 0 Å². The molecule has 0 spiro atoms. The molecule has 0 radical (unpaired) electrons. The van der Waals surface area contributed by atoms with Crippen LogP contribution in [0.5, 0.6) is 5.75 Å². The second-order valence-corrected chi connectivity index (χ2v) is 5.92. The largest absolute Gasteiger partial charge is 0.490 e. The van der Waals surface area contributed by atoms with E-state index in [9.17, 15) is 4.79 Å². The smallest absolute Gasteiger partial charge is 0.315 e. The summed E-state index contributed by atoms with van der Waals surface area (Å²) < 4.78 is 5.48. The third-order valence-electron chi connectivity index (χ3n) is 4.00. The Kier molecular flexibility index (Phi) is 6.45. The number of nitrogens with one attached hydrogen (secondary N) is 2. The second kappa shape index (κ2) is 8.58. The van der Waals surface area contributed by atoms with E-state index in [4.69, 9.17) is 4.74 Å². The lowest BCUT2D eigenvalue weighted by molar-refractivity contribution is 0.192. The van der Waals surface area contributed by atoms with Gasteiger partial charge < -0.3 is 20.3 Å². The van der Waals surface area contributed by atoms with E-state index in [2.05, 4.69) is 34.6 Å². The SMILES string of the molecule is CN(C)[C@@H]1CCC[C@@H](NC(=O)NCCOc2cccnc2)C1. The molecule has 2 atom stereocenters. The maximum Gasteiger partial charge on any atom is 0.315 e. The molecule has 0 aliphatic heterocycles. The molecule has 0 aromatic carbocycles. The Morgan fingerprint density at radius 3 is 3.05 bits per heavy atom. The van der Waals surface area contributed by atoms with Crippen molar-refractivity contribution in [1.82, 2.24) is 20.5 Å². The Morgan fingerprint density at radius 1 is 1.45 bits per heavy atom. The van der Waals surface area contributed by atoms with Crippen molar-refractivity contribution in [2.45, 2.75) is 37.8 Å². The van der Waals surface area contributed by atoms with E-state index in [0.29, 0.717) is 24.9 Å². The molecule has 1 aromatic heterocycles. The molecule has 1 aromatic rings. The number of urea groups is 1. The van der Waals surface area contributed by atoms with Crippen molar-refractivity contribution in [3.8, 4) is 5.75 Å². The predicted octanol–water partition coefficient (Wildman–Crippen LogP) is 1.63. The van der Waals surface area contributed by atoms with Gasteiger partial charge in [0.05, 0.1) is 12.7 Å². The molecule has 2 rings (SSSR count). The van der Waals surface area contributed by atoms with Gasteiger partial charge in [-0.05, 0) is 51.9 Å². The molecule has 6 nitrogen and oxygen atoms in total. The third kappa shape index (κ3) is 5.52. The Morgan fingerprint density at radius 2 is 2.32 bits per heavy atom. The van der Waals surface area contributed by atoms with Crippen LogP contribution in [0.25, 0.3) is 0 Å². The van der Waals surface area contributed by atoms with Gasteiger partial charge in [0.15, 0.2) is 0 Å². The fourth-order valence-electron chi connectivity index (χ4n) is 2.77. The fourth-order valence-corrected chi connectivity index (χ4v) is 2.77. The first-order valence-electron chi connectivity index (χ1n) is 7.89. The van der Waals surface area contributed by atoms with Crippen molar-refractivity contribution in [3.05, 3.63) is 24.5 Å². The standard InChI is InChI=1S/C16H26N4O2/c1-20(2)14-6-3-5-13(11-14)19-16(21)18-9-10-22-15-7-4-8-17-12-15/h4,7-8,12-14H,3,5-6,9-11H2,1-2H3,(H2,18,19,21)/t13-,14-/m1/s1. The summed E-state index contributed by atoms with van der Waals surface area (Å²) in [5.41, 5.74) is 0. The Labute approximate surface area is 132 Å². The quantitative estimate of drug-likeness (QED) is 0.784. The summed E-state index contributed by atoms with van der Waals surface area (Å²) in [6.45, 7) is 0.911. The lowest BCUT2D eigenvalue weighted by atomic mass is 9.90. The molecule has 2 N–H and O–H groups in total. The third-order valence-corrected chi connectivity index (χ3v) is 4.00. The number of hydrogen-bond acceptors (Lipinski definition) is 4. The minimum Gasteiger partial charge on any atom is -0.490 e. The minimum atomic E-state index is -0.112. The number of aromatic nitrogens is 1. The van der Waals surface area contributed by atoms with Gasteiger partial charge in [-0.25, -0.2) is 4.79 Å². The number of carbonyl (C=O) groups is 1. The van der Waals surface area contributed by atoms with Crippen LogP contribution in [0.4, 0.5) is 4.79 Å². The molecule has 0 unspecified atom stereocenters. The van der Waals surface area contributed by atoms with Crippen LogP contribution in [0.3, 0.4) is 0 Å². The Bertz CT molecular complexity index is 453. The van der Waals surface area contributed by atoms with E-state index in [0.717, 1.165) is 19.3 Å². The van der Waals surface area contributed by atoms with Crippen molar-refractivity contribution < 1.29 is 9.53 Å². The first-order chi connectivity index (χ1) is 10.6. The summed E-state index contributed by atoms with van der Waals surface area (Å²) in [5.74, 6) is 0.714. The number of pyridine rings is 1. The van der Waals surface area contributed by atoms with E-state index in [1.165, 1.54) is 6.42 Å². The van der Waals surface area contributed by atoms with Gasteiger partial charge in [0.1, 0.15) is 12.4 Å². The highest BCUT2D eigenvalue weighted by Crippen LogP contribution is 2.21. The van der Waals surface area contributed by atoms with Crippen LogP contribution in [-0.4, -0.2) is 55.2 Å². The summed E-state index contributed by atoms with van der Waals surface area (Å²) in [6.07, 6.45) is 7.81. The van der Waals surface area contributed by atoms with Crippen LogP contribution in [0.2, 0.25) is 0 Å². The van der Waals surface area contributed by atoms with Crippen molar-refractivity contribution >= 4 is 6.03 Å². The Hall–Kier alpha value is -1.82. The van der Waals surface area contributed by atoms with Crippen molar-refractivity contribution in [2.75, 3.05) is 27.2 Å².